The van der Waals surface area contributed by atoms with Crippen molar-refractivity contribution in [2.75, 3.05) is 0 Å². The summed E-state index contributed by atoms with van der Waals surface area (Å²) in [4.78, 5) is 0. The summed E-state index contributed by atoms with van der Waals surface area (Å²) in [6.07, 6.45) is 0. The molecule has 1 nitrogen and oxygen atoms in total. The van der Waals surface area contributed by atoms with Crippen LogP contribution in [0.5, 0.6) is 0 Å². The van der Waals surface area contributed by atoms with Gasteiger partial charge in [0.25, 0.3) is 0 Å². The first-order valence-corrected chi connectivity index (χ1v) is 16.8. The van der Waals surface area contributed by atoms with E-state index in [2.05, 4.69) is 182 Å². The van der Waals surface area contributed by atoms with Gasteiger partial charge in [0.15, 0.2) is 0 Å². The van der Waals surface area contributed by atoms with Crippen molar-refractivity contribution in [3.63, 3.8) is 0 Å². The van der Waals surface area contributed by atoms with E-state index < -0.39 is 15.8 Å². The van der Waals surface area contributed by atoms with Crippen LogP contribution in [-0.2, 0) is 22.6 Å². The van der Waals surface area contributed by atoms with Crippen LogP contribution in [0.4, 0.5) is 0 Å². The third-order valence-corrected chi connectivity index (χ3v) is 11.0. The van der Waals surface area contributed by atoms with E-state index >= 15 is 0 Å². The molecule has 43 heavy (non-hydrogen) atoms. The number of halogens is 3. The Hall–Kier alpha value is -2.49. The molecule has 6 rings (SSSR count). The molecule has 0 heterocycles. The molecule has 7 heteroatoms. The molecule has 0 N–H and O–H groups in total. The average Bonchev–Trinajstić information content (AvgIpc) is 3.06. The second-order valence-electron chi connectivity index (χ2n) is 8.68. The molecule has 0 aliphatic heterocycles. The van der Waals surface area contributed by atoms with Crippen molar-refractivity contribution in [1.82, 2.24) is 0 Å². The Morgan fingerprint density at radius 1 is 0.256 bits per heavy atom. The Morgan fingerprint density at radius 3 is 0.488 bits per heavy atom. The molecule has 0 unspecified atom stereocenters. The van der Waals surface area contributed by atoms with Gasteiger partial charge in [-0.15, -0.1) is 0 Å². The molecule has 0 saturated heterocycles. The Labute approximate surface area is 287 Å². The zero-order chi connectivity index (χ0) is 27.8. The molecule has 0 amide bonds. The SMILES string of the molecule is [Cl-].[Cl-].[Cl-].[O]=[Re+3].c1ccc(P(c2ccccc2)c2ccccc2)cc1.c1ccc(P(c2ccccc2)c2ccccc2)cc1. The second-order valence-corrected chi connectivity index (χ2v) is 13.1. The van der Waals surface area contributed by atoms with Crippen LogP contribution in [0.1, 0.15) is 0 Å². The summed E-state index contributed by atoms with van der Waals surface area (Å²) in [5.74, 6) is 0. The summed E-state index contributed by atoms with van der Waals surface area (Å²) in [6.45, 7) is 0. The van der Waals surface area contributed by atoms with Crippen LogP contribution >= 0.6 is 15.8 Å². The fraction of sp³-hybridized carbons (Fsp3) is 0. The van der Waals surface area contributed by atoms with Gasteiger partial charge in [-0.3, -0.25) is 0 Å². The number of benzene rings is 6. The third kappa shape index (κ3) is 11.5. The van der Waals surface area contributed by atoms with Gasteiger partial charge in [-0.2, -0.15) is 0 Å². The van der Waals surface area contributed by atoms with Crippen LogP contribution in [0.2, 0.25) is 0 Å². The molecule has 0 saturated carbocycles. The largest absolute Gasteiger partial charge is 0.0622 e. The van der Waals surface area contributed by atoms with Gasteiger partial charge in [-0.05, 0) is 47.7 Å². The van der Waals surface area contributed by atoms with E-state index in [0.29, 0.717) is 19.2 Å². The monoisotopic (exact) mass is 832 g/mol. The maximum Gasteiger partial charge on any atom is -0.0134 e. The van der Waals surface area contributed by atoms with E-state index in [0.717, 1.165) is 0 Å². The van der Waals surface area contributed by atoms with Crippen LogP contribution < -0.4 is 69.0 Å². The molecule has 6 aromatic carbocycles. The van der Waals surface area contributed by atoms with Gasteiger partial charge in [0, 0.05) is 0 Å². The van der Waals surface area contributed by atoms with Crippen LogP contribution in [0, 0.1) is 0 Å². The van der Waals surface area contributed by atoms with Crippen LogP contribution in [-0.4, -0.2) is 0 Å². The van der Waals surface area contributed by atoms with Crippen LogP contribution in [0.25, 0.3) is 0 Å². The molecule has 0 aromatic heterocycles. The van der Waals surface area contributed by atoms with E-state index in [1.807, 2.05) is 0 Å². The summed E-state index contributed by atoms with van der Waals surface area (Å²) in [6, 6.07) is 64.7. The summed E-state index contributed by atoms with van der Waals surface area (Å²) >= 11 is 0.472. The van der Waals surface area contributed by atoms with Crippen molar-refractivity contribution in [1.29, 1.82) is 0 Å². The number of hydrogen-bond donors (Lipinski definition) is 0. The minimum Gasteiger partial charge on any atom is -0.0622 e. The molecule has 0 fully saturated rings. The van der Waals surface area contributed by atoms with Crippen molar-refractivity contribution >= 4 is 47.7 Å². The van der Waals surface area contributed by atoms with Gasteiger partial charge in [0.05, 0.1) is 0 Å². The first-order chi connectivity index (χ1) is 19.9. The summed E-state index contributed by atoms with van der Waals surface area (Å²) in [5.41, 5.74) is 0. The fourth-order valence-corrected chi connectivity index (χ4v) is 8.97. The average molecular weight is 833 g/mol. The zero-order valence-electron chi connectivity index (χ0n) is 23.1. The van der Waals surface area contributed by atoms with E-state index in [4.69, 9.17) is 3.47 Å². The summed E-state index contributed by atoms with van der Waals surface area (Å²) < 4.78 is 8.31. The van der Waals surface area contributed by atoms with Gasteiger partial charge in [0.1, 0.15) is 0 Å². The first kappa shape index (κ1) is 38.5. The standard InChI is InChI=1S/2C18H15P.3ClH.O.Re/c2*1-4-10-16(11-5-1)19(17-12-6-2-7-13-17)18-14-8-3-9-15-18;;;;;/h2*1-15H;3*1H;;/q;;;;;;+3/p-3. The summed E-state index contributed by atoms with van der Waals surface area (Å²) in [7, 11) is -0.892. The van der Waals surface area contributed by atoms with E-state index in [1.54, 1.807) is 0 Å². The molecule has 6 aromatic rings. The first-order valence-electron chi connectivity index (χ1n) is 13.0. The Bertz CT molecular complexity index is 1210. The van der Waals surface area contributed by atoms with E-state index in [1.165, 1.54) is 31.8 Å². The van der Waals surface area contributed by atoms with Crippen molar-refractivity contribution in [2.45, 2.75) is 0 Å². The molecule has 0 spiro atoms. The number of hydrogen-bond acceptors (Lipinski definition) is 1. The van der Waals surface area contributed by atoms with Crippen molar-refractivity contribution < 1.29 is 59.9 Å². The van der Waals surface area contributed by atoms with Gasteiger partial charge >= 0.3 is 22.6 Å². The van der Waals surface area contributed by atoms with Gasteiger partial charge in [0.2, 0.25) is 0 Å². The minimum absolute atomic E-state index is 0. The Morgan fingerprint density at radius 2 is 0.372 bits per heavy atom. The van der Waals surface area contributed by atoms with Crippen molar-refractivity contribution in [3.8, 4) is 0 Å². The van der Waals surface area contributed by atoms with Crippen LogP contribution in [0.15, 0.2) is 182 Å². The minimum atomic E-state index is -0.446. The van der Waals surface area contributed by atoms with E-state index in [9.17, 15) is 0 Å². The molecule has 218 valence electrons. The number of rotatable bonds is 6. The zero-order valence-corrected chi connectivity index (χ0v) is 29.9. The van der Waals surface area contributed by atoms with Crippen LogP contribution in [0.3, 0.4) is 0 Å². The Balaban J connectivity index is 0.000000381. The fourth-order valence-electron chi connectivity index (χ4n) is 4.36. The quantitative estimate of drug-likeness (QED) is 0.174. The topological polar surface area (TPSA) is 17.1 Å². The second kappa shape index (κ2) is 22.1. The Kier molecular flexibility index (Phi) is 19.8. The smallest absolute Gasteiger partial charge is 0.0134 e. The maximum absolute atomic E-state index is 8.31. The predicted molar refractivity (Wildman–Crippen MR) is 171 cm³/mol. The van der Waals surface area contributed by atoms with Crippen molar-refractivity contribution in [3.05, 3.63) is 182 Å². The maximum atomic E-state index is 8.31. The van der Waals surface area contributed by atoms with Crippen molar-refractivity contribution in [2.24, 2.45) is 0 Å². The molecule has 0 aliphatic rings. The molecule has 0 aliphatic carbocycles. The predicted octanol–water partition coefficient (Wildman–Crippen LogP) is -2.22. The van der Waals surface area contributed by atoms with E-state index in [-0.39, 0.29) is 37.2 Å². The summed E-state index contributed by atoms with van der Waals surface area (Å²) in [5, 5.41) is 8.39. The molecular weight excluding hydrogens is 803 g/mol. The molecule has 0 radical (unpaired) electrons. The molecular formula is C36H30Cl3OP2Re. The third-order valence-electron chi connectivity index (χ3n) is 6.09. The molecule has 0 atom stereocenters. The normalized spacial score (nSPS) is 9.42. The van der Waals surface area contributed by atoms with Gasteiger partial charge in [-0.25, -0.2) is 0 Å². The van der Waals surface area contributed by atoms with Gasteiger partial charge in [-0.1, -0.05) is 182 Å². The van der Waals surface area contributed by atoms with Gasteiger partial charge < -0.3 is 37.2 Å². The molecule has 0 bridgehead atoms.